The van der Waals surface area contributed by atoms with E-state index in [1.807, 2.05) is 12.1 Å². The Balaban J connectivity index is 1.26. The molecule has 2 saturated heterocycles. The van der Waals surface area contributed by atoms with Crippen LogP contribution in [-0.4, -0.2) is 93.8 Å². The lowest BCUT2D eigenvalue weighted by Gasteiger charge is -2.58. The molecule has 0 radical (unpaired) electrons. The smallest absolute Gasteiger partial charge is 0.335 e. The van der Waals surface area contributed by atoms with Gasteiger partial charge in [-0.15, -0.1) is 0 Å². The quantitative estimate of drug-likeness (QED) is 0.344. The molecule has 10 atom stereocenters. The topological polar surface area (TPSA) is 138 Å². The molecular formula is C23H29NO9. The number of nitrogens with zero attached hydrogens (tertiary/aromatic N) is 1. The highest BCUT2D eigenvalue weighted by molar-refractivity contribution is 5.73. The zero-order valence-corrected chi connectivity index (χ0v) is 18.2. The lowest BCUT2D eigenvalue weighted by Crippen LogP contribution is -2.66. The summed E-state index contributed by atoms with van der Waals surface area (Å²) in [5.74, 6) is -0.148. The number of likely N-dealkylation sites (N-methyl/N-ethyl adjacent to an activating group) is 1. The van der Waals surface area contributed by atoms with Gasteiger partial charge in [-0.25, -0.2) is 14.6 Å². The minimum Gasteiger partial charge on any atom is -0.486 e. The number of aliphatic hydroxyl groups excluding tert-OH is 3. The second kappa shape index (κ2) is 7.61. The molecule has 33 heavy (non-hydrogen) atoms. The van der Waals surface area contributed by atoms with Crippen molar-refractivity contribution in [1.29, 1.82) is 0 Å². The minimum absolute atomic E-state index is 0.182. The van der Waals surface area contributed by atoms with Gasteiger partial charge in [-0.3, -0.25) is 0 Å². The highest BCUT2D eigenvalue weighted by atomic mass is 17.2. The minimum atomic E-state index is -1.78. The Morgan fingerprint density at radius 3 is 2.76 bits per heavy atom. The van der Waals surface area contributed by atoms with E-state index in [1.54, 1.807) is 0 Å². The second-order valence-electron chi connectivity index (χ2n) is 10.0. The van der Waals surface area contributed by atoms with Crippen LogP contribution in [0.4, 0.5) is 0 Å². The summed E-state index contributed by atoms with van der Waals surface area (Å²) >= 11 is 0. The first kappa shape index (κ1) is 21.7. The summed E-state index contributed by atoms with van der Waals surface area (Å²) in [5, 5.41) is 39.4. The summed E-state index contributed by atoms with van der Waals surface area (Å²) < 4.78 is 11.7. The number of piperidine rings is 1. The van der Waals surface area contributed by atoms with E-state index in [2.05, 4.69) is 18.0 Å². The van der Waals surface area contributed by atoms with Crippen LogP contribution in [0.2, 0.25) is 0 Å². The van der Waals surface area contributed by atoms with E-state index in [9.17, 15) is 25.2 Å². The summed E-state index contributed by atoms with van der Waals surface area (Å²) in [4.78, 5) is 25.0. The molecule has 5 aliphatic rings. The molecule has 3 heterocycles. The molecule has 10 nitrogen and oxygen atoms in total. The van der Waals surface area contributed by atoms with Crippen molar-refractivity contribution >= 4 is 5.97 Å². The Hall–Kier alpha value is -1.79. The fourth-order valence-corrected chi connectivity index (χ4v) is 7.02. The van der Waals surface area contributed by atoms with Crippen molar-refractivity contribution in [3.8, 4) is 5.75 Å². The van der Waals surface area contributed by atoms with E-state index in [1.165, 1.54) is 11.1 Å². The van der Waals surface area contributed by atoms with Crippen LogP contribution in [-0.2, 0) is 31.1 Å². The van der Waals surface area contributed by atoms with Crippen LogP contribution in [0.5, 0.6) is 5.75 Å². The summed E-state index contributed by atoms with van der Waals surface area (Å²) in [5.41, 5.74) is 2.42. The van der Waals surface area contributed by atoms with Crippen molar-refractivity contribution in [2.75, 3.05) is 13.6 Å². The largest absolute Gasteiger partial charge is 0.486 e. The Bertz CT molecular complexity index is 958. The highest BCUT2D eigenvalue weighted by Gasteiger charge is 2.65. The lowest BCUT2D eigenvalue weighted by atomic mass is 9.51. The van der Waals surface area contributed by atoms with Crippen molar-refractivity contribution < 1.29 is 44.5 Å². The molecule has 2 bridgehead atoms. The van der Waals surface area contributed by atoms with Crippen LogP contribution in [0.3, 0.4) is 0 Å². The molecule has 0 aromatic heterocycles. The van der Waals surface area contributed by atoms with E-state index in [0.29, 0.717) is 18.4 Å². The van der Waals surface area contributed by atoms with Gasteiger partial charge in [0.25, 0.3) is 0 Å². The standard InChI is InChI=1S/C23H29NO9/c1-24-8-7-23-11-5-6-14(20(23)30-13-4-2-3-10(15(13)23)9-12(11)24)32-33-22-18(27)16(25)17(26)19(31-22)21(28)29/h2-4,11-12,14,16-20,22,25-27H,5-9H2,1H3,(H,28,29)/t11-,12+,14?,16-,17-,18+,19-,20?,22?,23-/m0/s1. The molecule has 3 fully saturated rings. The molecule has 3 unspecified atom stereocenters. The normalized spacial score (nSPS) is 45.9. The van der Waals surface area contributed by atoms with Crippen molar-refractivity contribution in [3.05, 3.63) is 29.3 Å². The Kier molecular flexibility index (Phi) is 5.01. The van der Waals surface area contributed by atoms with Crippen LogP contribution in [0.1, 0.15) is 30.4 Å². The molecule has 6 rings (SSSR count). The first-order valence-electron chi connectivity index (χ1n) is 11.6. The van der Waals surface area contributed by atoms with Gasteiger partial charge in [-0.2, -0.15) is 0 Å². The predicted octanol–water partition coefficient (Wildman–Crippen LogP) is -0.435. The van der Waals surface area contributed by atoms with Gasteiger partial charge in [0.2, 0.25) is 6.29 Å². The van der Waals surface area contributed by atoms with E-state index in [-0.39, 0.29) is 11.5 Å². The number of rotatable bonds is 4. The summed E-state index contributed by atoms with van der Waals surface area (Å²) in [6.45, 7) is 0.956. The summed E-state index contributed by atoms with van der Waals surface area (Å²) in [6.07, 6.45) is -5.71. The number of hydrogen-bond donors (Lipinski definition) is 4. The number of carboxylic acids is 1. The number of carboxylic acid groups (broad SMARTS) is 1. The third kappa shape index (κ3) is 2.95. The third-order valence-corrected chi connectivity index (χ3v) is 8.53. The Morgan fingerprint density at radius 2 is 1.97 bits per heavy atom. The zero-order valence-electron chi connectivity index (χ0n) is 18.2. The molecule has 0 amide bonds. The predicted molar refractivity (Wildman–Crippen MR) is 110 cm³/mol. The number of aliphatic hydroxyl groups is 3. The average molecular weight is 463 g/mol. The van der Waals surface area contributed by atoms with Crippen molar-refractivity contribution in [1.82, 2.24) is 4.90 Å². The number of likely N-dealkylation sites (tertiary alicyclic amines) is 1. The van der Waals surface area contributed by atoms with Gasteiger partial charge in [0.15, 0.2) is 6.10 Å². The van der Waals surface area contributed by atoms with Gasteiger partial charge < -0.3 is 34.8 Å². The number of ether oxygens (including phenoxy) is 2. The Morgan fingerprint density at radius 1 is 1.15 bits per heavy atom. The molecule has 1 saturated carbocycles. The van der Waals surface area contributed by atoms with Crippen molar-refractivity contribution in [2.45, 2.75) is 80.1 Å². The molecular weight excluding hydrogens is 434 g/mol. The fourth-order valence-electron chi connectivity index (χ4n) is 7.02. The van der Waals surface area contributed by atoms with Crippen molar-refractivity contribution in [2.24, 2.45) is 5.92 Å². The molecule has 1 spiro atoms. The van der Waals surface area contributed by atoms with Crippen LogP contribution in [0.25, 0.3) is 0 Å². The number of hydrogen-bond acceptors (Lipinski definition) is 9. The highest BCUT2D eigenvalue weighted by Crippen LogP contribution is 2.62. The molecule has 3 aliphatic heterocycles. The van der Waals surface area contributed by atoms with E-state index in [0.717, 1.165) is 31.6 Å². The molecule has 4 N–H and O–H groups in total. The number of carbonyl (C=O) groups is 1. The number of aliphatic carboxylic acids is 1. The first-order chi connectivity index (χ1) is 15.8. The molecule has 10 heteroatoms. The maximum absolute atomic E-state index is 11.4. The van der Waals surface area contributed by atoms with Gasteiger partial charge in [0, 0.05) is 17.0 Å². The van der Waals surface area contributed by atoms with Crippen LogP contribution >= 0.6 is 0 Å². The molecule has 1 aromatic rings. The molecule has 1 aromatic carbocycles. The van der Waals surface area contributed by atoms with Crippen LogP contribution in [0, 0.1) is 5.92 Å². The first-order valence-corrected chi connectivity index (χ1v) is 11.6. The van der Waals surface area contributed by atoms with Gasteiger partial charge >= 0.3 is 5.97 Å². The molecule has 180 valence electrons. The second-order valence-corrected chi connectivity index (χ2v) is 10.0. The number of benzene rings is 1. The SMILES string of the molecule is CN1CC[C@]23c4c5cccc4OC2C(OOC2O[C@H](C(=O)O)[C@@H](O)[C@H](O)[C@H]2O)CC[C@H]3[C@H]1C5. The average Bonchev–Trinajstić information content (AvgIpc) is 3.14. The van der Waals surface area contributed by atoms with Gasteiger partial charge in [-0.1, -0.05) is 12.1 Å². The monoisotopic (exact) mass is 463 g/mol. The zero-order chi connectivity index (χ0) is 23.1. The molecule has 2 aliphatic carbocycles. The lowest BCUT2D eigenvalue weighted by molar-refractivity contribution is -0.445. The maximum Gasteiger partial charge on any atom is 0.335 e. The van der Waals surface area contributed by atoms with E-state index >= 15 is 0 Å². The third-order valence-electron chi connectivity index (χ3n) is 8.53. The maximum atomic E-state index is 11.4. The summed E-state index contributed by atoms with van der Waals surface area (Å²) in [7, 11) is 2.18. The summed E-state index contributed by atoms with van der Waals surface area (Å²) in [6, 6.07) is 6.64. The van der Waals surface area contributed by atoms with Crippen molar-refractivity contribution in [3.63, 3.8) is 0 Å². The van der Waals surface area contributed by atoms with E-state index < -0.39 is 42.8 Å². The van der Waals surface area contributed by atoms with Gasteiger partial charge in [0.1, 0.15) is 36.3 Å². The fraction of sp³-hybridized carbons (Fsp3) is 0.696. The van der Waals surface area contributed by atoms with Gasteiger partial charge in [-0.05, 0) is 56.8 Å². The van der Waals surface area contributed by atoms with Gasteiger partial charge in [0.05, 0.1) is 0 Å². The van der Waals surface area contributed by atoms with E-state index in [4.69, 9.17) is 19.2 Å². The Labute approximate surface area is 190 Å². The van der Waals surface area contributed by atoms with Crippen LogP contribution in [0.15, 0.2) is 18.2 Å². The van der Waals surface area contributed by atoms with Crippen LogP contribution < -0.4 is 4.74 Å².